The van der Waals surface area contributed by atoms with Gasteiger partial charge in [0, 0.05) is 12.4 Å². The Balaban J connectivity index is 0.00000106. The molecule has 0 aliphatic rings. The normalized spacial score (nSPS) is 10.6. The number of nitrogens with two attached hydrogens (primary N) is 3. The second-order valence-electron chi connectivity index (χ2n) is 6.34. The van der Waals surface area contributed by atoms with Gasteiger partial charge in [0.2, 0.25) is 5.95 Å². The van der Waals surface area contributed by atoms with E-state index < -0.39 is 0 Å². The molecule has 0 fully saturated rings. The topological polar surface area (TPSA) is 163 Å². The van der Waals surface area contributed by atoms with Gasteiger partial charge in [-0.1, -0.05) is 30.3 Å². The number of benzene rings is 1. The molecule has 0 aliphatic carbocycles. The smallest absolute Gasteiger partial charge is 0.223 e. The summed E-state index contributed by atoms with van der Waals surface area (Å²) in [5, 5.41) is 7.12. The van der Waals surface area contributed by atoms with Crippen LogP contribution >= 0.6 is 0 Å². The minimum atomic E-state index is 0.171. The summed E-state index contributed by atoms with van der Waals surface area (Å²) in [5.41, 5.74) is 10.9. The fourth-order valence-electron chi connectivity index (χ4n) is 3.24. The van der Waals surface area contributed by atoms with Gasteiger partial charge in [0.05, 0.1) is 0 Å². The molecule has 0 atom stereocenters. The van der Waals surface area contributed by atoms with Crippen LogP contribution < -0.4 is 17.4 Å². The van der Waals surface area contributed by atoms with Crippen LogP contribution in [0.4, 0.5) is 5.95 Å². The minimum Gasteiger partial charge on any atom is -0.368 e. The predicted molar refractivity (Wildman–Crippen MR) is 115 cm³/mol. The average molecular weight is 400 g/mol. The molecule has 0 radical (unpaired) electrons. The molecule has 10 heteroatoms. The van der Waals surface area contributed by atoms with E-state index in [0.29, 0.717) is 23.0 Å². The molecule has 0 saturated heterocycles. The van der Waals surface area contributed by atoms with E-state index in [9.17, 15) is 0 Å². The van der Waals surface area contributed by atoms with E-state index in [-0.39, 0.29) is 5.95 Å². The molecule has 10 nitrogen and oxygen atoms in total. The molecule has 0 saturated carbocycles. The fourth-order valence-corrected chi connectivity index (χ4v) is 3.24. The van der Waals surface area contributed by atoms with Crippen LogP contribution in [0.1, 0.15) is 5.82 Å². The van der Waals surface area contributed by atoms with Crippen LogP contribution in [0.15, 0.2) is 60.9 Å². The first-order valence-corrected chi connectivity index (χ1v) is 9.08. The van der Waals surface area contributed by atoms with E-state index in [1.807, 2.05) is 47.0 Å². The molecule has 0 unspecified atom stereocenters. The summed E-state index contributed by atoms with van der Waals surface area (Å²) in [6.07, 6.45) is 3.78. The molecule has 30 heavy (non-hydrogen) atoms. The molecule has 1 aromatic carbocycles. The number of aryl methyl sites for hydroxylation is 1. The van der Waals surface area contributed by atoms with Crippen LogP contribution in [0.3, 0.4) is 0 Å². The Morgan fingerprint density at radius 3 is 2.37 bits per heavy atom. The van der Waals surface area contributed by atoms with Crippen molar-refractivity contribution in [3.05, 3.63) is 66.7 Å². The van der Waals surface area contributed by atoms with Crippen molar-refractivity contribution in [1.82, 2.24) is 34.5 Å². The third-order valence-electron chi connectivity index (χ3n) is 4.45. The lowest BCUT2D eigenvalue weighted by Crippen LogP contribution is -2.04. The summed E-state index contributed by atoms with van der Waals surface area (Å²) < 4.78 is 1.97. The highest BCUT2D eigenvalue weighted by Crippen LogP contribution is 2.31. The highest BCUT2D eigenvalue weighted by Gasteiger charge is 2.21. The molecular formula is C20H20N10. The zero-order valence-electron chi connectivity index (χ0n) is 16.2. The maximum atomic E-state index is 5.89. The van der Waals surface area contributed by atoms with Gasteiger partial charge in [-0.15, -0.1) is 0 Å². The van der Waals surface area contributed by atoms with Gasteiger partial charge in [-0.05, 0) is 36.2 Å². The molecule has 4 heterocycles. The maximum Gasteiger partial charge on any atom is 0.223 e. The quantitative estimate of drug-likeness (QED) is 0.264. The standard InChI is InChI=1S/C20H16N8.H4N2/c1-12-23-19(26-20(21)24-12)18-17(15-9-10-22-27-15)25-16-8-7-14(11-28(16)18)13-5-3-2-4-6-13;1-2/h2-11H,1H3,(H,22,27)(H2,21,23,24,26);1-2H2. The number of fused-ring (bicyclic) bond motifs is 1. The lowest BCUT2D eigenvalue weighted by atomic mass is 10.1. The van der Waals surface area contributed by atoms with Crippen LogP contribution in [-0.4, -0.2) is 34.5 Å². The molecule has 0 spiro atoms. The van der Waals surface area contributed by atoms with Crippen molar-refractivity contribution in [2.75, 3.05) is 5.73 Å². The predicted octanol–water partition coefficient (Wildman–Crippen LogP) is 1.95. The Kier molecular flexibility index (Phi) is 5.16. The monoisotopic (exact) mass is 400 g/mol. The van der Waals surface area contributed by atoms with Gasteiger partial charge in [-0.25, -0.2) is 9.97 Å². The van der Waals surface area contributed by atoms with Crippen LogP contribution in [0.25, 0.3) is 39.7 Å². The number of aromatic nitrogens is 7. The zero-order valence-corrected chi connectivity index (χ0v) is 16.2. The second kappa shape index (κ2) is 8.07. The van der Waals surface area contributed by atoms with Crippen molar-refractivity contribution >= 4 is 11.6 Å². The third-order valence-corrected chi connectivity index (χ3v) is 4.45. The third kappa shape index (κ3) is 3.48. The van der Waals surface area contributed by atoms with E-state index in [1.165, 1.54) is 0 Å². The molecule has 150 valence electrons. The SMILES string of the molecule is Cc1nc(N)nc(-c2c(-c3cc[nH]n3)nc3ccc(-c4ccccc4)cn23)n1.NN. The molecule has 0 aliphatic heterocycles. The molecule has 5 rings (SSSR count). The molecular weight excluding hydrogens is 380 g/mol. The van der Waals surface area contributed by atoms with Crippen molar-refractivity contribution in [2.24, 2.45) is 11.7 Å². The van der Waals surface area contributed by atoms with Gasteiger partial charge in [-0.3, -0.25) is 21.2 Å². The number of anilines is 1. The summed E-state index contributed by atoms with van der Waals surface area (Å²) in [7, 11) is 0. The van der Waals surface area contributed by atoms with Crippen molar-refractivity contribution in [3.8, 4) is 34.0 Å². The highest BCUT2D eigenvalue weighted by molar-refractivity contribution is 5.78. The fraction of sp³-hybridized carbons (Fsp3) is 0.0500. The number of imidazole rings is 1. The van der Waals surface area contributed by atoms with Gasteiger partial charge in [0.1, 0.15) is 28.6 Å². The summed E-state index contributed by atoms with van der Waals surface area (Å²) in [5.74, 6) is 9.18. The number of pyridine rings is 1. The molecule has 4 aromatic heterocycles. The molecule has 7 N–H and O–H groups in total. The van der Waals surface area contributed by atoms with Crippen LogP contribution in [-0.2, 0) is 0 Å². The van der Waals surface area contributed by atoms with Crippen molar-refractivity contribution in [2.45, 2.75) is 6.92 Å². The van der Waals surface area contributed by atoms with Gasteiger partial charge in [-0.2, -0.15) is 15.1 Å². The Morgan fingerprint density at radius 1 is 0.867 bits per heavy atom. The number of rotatable bonds is 3. The Labute approximate surface area is 171 Å². The van der Waals surface area contributed by atoms with E-state index in [4.69, 9.17) is 10.7 Å². The van der Waals surface area contributed by atoms with Gasteiger partial charge < -0.3 is 5.73 Å². The van der Waals surface area contributed by atoms with E-state index in [0.717, 1.165) is 22.5 Å². The van der Waals surface area contributed by atoms with Crippen molar-refractivity contribution < 1.29 is 0 Å². The number of aromatic amines is 1. The number of nitrogens with one attached hydrogen (secondary N) is 1. The van der Waals surface area contributed by atoms with Crippen LogP contribution in [0.2, 0.25) is 0 Å². The van der Waals surface area contributed by atoms with Crippen LogP contribution in [0.5, 0.6) is 0 Å². The number of nitrogens with zero attached hydrogens (tertiary/aromatic N) is 6. The van der Waals surface area contributed by atoms with Crippen molar-refractivity contribution in [3.63, 3.8) is 0 Å². The number of hydrogen-bond donors (Lipinski definition) is 4. The average Bonchev–Trinajstić information content (AvgIpc) is 3.42. The number of nitrogen functional groups attached to an aromatic ring is 1. The Hall–Kier alpha value is -4.15. The summed E-state index contributed by atoms with van der Waals surface area (Å²) in [4.78, 5) is 17.7. The Bertz CT molecular complexity index is 1260. The molecule has 0 amide bonds. The lowest BCUT2D eigenvalue weighted by Gasteiger charge is -2.07. The van der Waals surface area contributed by atoms with Crippen molar-refractivity contribution in [1.29, 1.82) is 0 Å². The highest BCUT2D eigenvalue weighted by atomic mass is 15.2. The first-order valence-electron chi connectivity index (χ1n) is 9.08. The molecule has 5 aromatic rings. The van der Waals surface area contributed by atoms with Crippen LogP contribution in [0, 0.1) is 6.92 Å². The number of H-pyrrole nitrogens is 1. The second-order valence-corrected chi connectivity index (χ2v) is 6.34. The van der Waals surface area contributed by atoms with Gasteiger partial charge >= 0.3 is 0 Å². The summed E-state index contributed by atoms with van der Waals surface area (Å²) >= 11 is 0. The molecule has 0 bridgehead atoms. The summed E-state index contributed by atoms with van der Waals surface area (Å²) in [6, 6.07) is 16.0. The lowest BCUT2D eigenvalue weighted by molar-refractivity contribution is 0.983. The zero-order chi connectivity index (χ0) is 21.1. The number of hydrazine groups is 1. The van der Waals surface area contributed by atoms with E-state index in [1.54, 1.807) is 13.1 Å². The van der Waals surface area contributed by atoms with Gasteiger partial charge in [0.25, 0.3) is 0 Å². The number of hydrogen-bond acceptors (Lipinski definition) is 8. The van der Waals surface area contributed by atoms with E-state index >= 15 is 0 Å². The minimum absolute atomic E-state index is 0.171. The summed E-state index contributed by atoms with van der Waals surface area (Å²) in [6.45, 7) is 1.79. The largest absolute Gasteiger partial charge is 0.368 e. The van der Waals surface area contributed by atoms with Gasteiger partial charge in [0.15, 0.2) is 5.82 Å². The maximum absolute atomic E-state index is 5.89. The first kappa shape index (κ1) is 19.2. The van der Waals surface area contributed by atoms with E-state index in [2.05, 4.69) is 49.0 Å². The first-order chi connectivity index (χ1) is 14.7. The Morgan fingerprint density at radius 2 is 1.67 bits per heavy atom.